The number of anilines is 1. The van der Waals surface area contributed by atoms with E-state index in [9.17, 15) is 31.2 Å². The van der Waals surface area contributed by atoms with Gasteiger partial charge in [-0.3, -0.25) is 9.10 Å². The first kappa shape index (κ1) is 29.5. The fourth-order valence-electron chi connectivity index (χ4n) is 4.61. The number of carbonyl (C=O) groups excluding carboxylic acids is 2. The molecular formula is C25H30ClF3N4O4S2. The average molecular weight is 607 g/mol. The molecule has 0 radical (unpaired) electrons. The Morgan fingerprint density at radius 2 is 1.97 bits per heavy atom. The van der Waals surface area contributed by atoms with Crippen LogP contribution in [-0.4, -0.2) is 57.0 Å². The molecule has 1 aliphatic heterocycles. The fraction of sp³-hybridized carbons (Fsp3) is 0.520. The van der Waals surface area contributed by atoms with Crippen molar-refractivity contribution in [1.29, 1.82) is 0 Å². The Morgan fingerprint density at radius 1 is 1.23 bits per heavy atom. The molecule has 2 fully saturated rings. The molecule has 1 aliphatic carbocycles. The van der Waals surface area contributed by atoms with Gasteiger partial charge < -0.3 is 15.5 Å². The third-order valence-corrected chi connectivity index (χ3v) is 10.3. The molecule has 1 saturated heterocycles. The number of hydrogen-bond donors (Lipinski definition) is 2. The summed E-state index contributed by atoms with van der Waals surface area (Å²) in [6.45, 7) is 2.59. The molecule has 3 amide bonds. The minimum absolute atomic E-state index is 0.000770. The van der Waals surface area contributed by atoms with E-state index in [2.05, 4.69) is 10.6 Å². The summed E-state index contributed by atoms with van der Waals surface area (Å²) in [5.41, 5.74) is -1.49. The van der Waals surface area contributed by atoms with E-state index in [0.29, 0.717) is 25.6 Å². The van der Waals surface area contributed by atoms with Gasteiger partial charge in [0.1, 0.15) is 10.3 Å². The van der Waals surface area contributed by atoms with Crippen LogP contribution in [0, 0.1) is 5.92 Å². The van der Waals surface area contributed by atoms with Crippen LogP contribution in [0.3, 0.4) is 0 Å². The van der Waals surface area contributed by atoms with Crippen LogP contribution < -0.4 is 14.9 Å². The number of nitrogens with zero attached hydrogens (tertiary/aromatic N) is 2. The van der Waals surface area contributed by atoms with E-state index in [1.54, 1.807) is 6.92 Å². The van der Waals surface area contributed by atoms with Crippen molar-refractivity contribution in [3.63, 3.8) is 0 Å². The molecule has 8 nitrogen and oxygen atoms in total. The third kappa shape index (κ3) is 6.98. The first-order valence-electron chi connectivity index (χ1n) is 12.7. The van der Waals surface area contributed by atoms with Crippen molar-refractivity contribution in [2.45, 2.75) is 61.5 Å². The van der Waals surface area contributed by atoms with Crippen molar-refractivity contribution in [2.24, 2.45) is 5.92 Å². The maximum absolute atomic E-state index is 13.8. The summed E-state index contributed by atoms with van der Waals surface area (Å²) < 4.78 is 69.0. The van der Waals surface area contributed by atoms with E-state index in [4.69, 9.17) is 11.6 Å². The van der Waals surface area contributed by atoms with E-state index in [1.807, 2.05) is 0 Å². The van der Waals surface area contributed by atoms with Gasteiger partial charge in [0.25, 0.3) is 10.0 Å². The standard InChI is InChI=1S/C25H30ClF3N4O4S2/c1-2-20(23(34)32-11-3-5-16(15-32)14-30-24(35)31-18-8-9-18)33(39(36,37)22-6-4-12-38-22)21-13-17(25(27,28)29)7-10-19(21)26/h4,6-7,10,12-13,16,18,20H,2-3,5,8-9,11,14-15H2,1H3,(H2,30,31,35)/t16-,20?/m0/s1. The molecule has 214 valence electrons. The minimum atomic E-state index is -4.75. The molecule has 2 aromatic rings. The van der Waals surface area contributed by atoms with Crippen LogP contribution in [0.1, 0.15) is 44.6 Å². The molecule has 1 saturated carbocycles. The van der Waals surface area contributed by atoms with Gasteiger partial charge in [0, 0.05) is 25.7 Å². The number of nitrogens with one attached hydrogen (secondary N) is 2. The minimum Gasteiger partial charge on any atom is -0.341 e. The highest BCUT2D eigenvalue weighted by molar-refractivity contribution is 7.94. The van der Waals surface area contributed by atoms with Crippen LogP contribution in [-0.2, 0) is 21.0 Å². The van der Waals surface area contributed by atoms with Crippen LogP contribution in [0.15, 0.2) is 39.9 Å². The van der Waals surface area contributed by atoms with Crippen molar-refractivity contribution in [3.05, 3.63) is 46.3 Å². The number of amides is 3. The lowest BCUT2D eigenvalue weighted by atomic mass is 9.97. The highest BCUT2D eigenvalue weighted by atomic mass is 35.5. The number of rotatable bonds is 9. The predicted octanol–water partition coefficient (Wildman–Crippen LogP) is 5.09. The number of sulfonamides is 1. The average Bonchev–Trinajstić information content (AvgIpc) is 3.51. The molecule has 14 heteroatoms. The Hall–Kier alpha value is -2.51. The van der Waals surface area contributed by atoms with Crippen LogP contribution in [0.2, 0.25) is 5.02 Å². The van der Waals surface area contributed by atoms with Gasteiger partial charge in [-0.2, -0.15) is 13.2 Å². The Bertz CT molecular complexity index is 1290. The van der Waals surface area contributed by atoms with Gasteiger partial charge in [0.15, 0.2) is 0 Å². The number of thiophene rings is 1. The van der Waals surface area contributed by atoms with Gasteiger partial charge in [-0.25, -0.2) is 13.2 Å². The largest absolute Gasteiger partial charge is 0.416 e. The van der Waals surface area contributed by atoms with Gasteiger partial charge >= 0.3 is 12.2 Å². The quantitative estimate of drug-likeness (QED) is 0.415. The molecule has 4 rings (SSSR count). The van der Waals surface area contributed by atoms with Gasteiger partial charge in [-0.15, -0.1) is 11.3 Å². The second kappa shape index (κ2) is 11.9. The molecule has 2 atom stereocenters. The zero-order valence-electron chi connectivity index (χ0n) is 21.2. The smallest absolute Gasteiger partial charge is 0.341 e. The molecule has 1 aromatic heterocycles. The van der Waals surface area contributed by atoms with Crippen molar-refractivity contribution in [2.75, 3.05) is 23.9 Å². The second-order valence-electron chi connectivity index (χ2n) is 9.74. The van der Waals surface area contributed by atoms with Crippen LogP contribution >= 0.6 is 22.9 Å². The monoisotopic (exact) mass is 606 g/mol. The second-order valence-corrected chi connectivity index (χ2v) is 13.1. The number of piperidine rings is 1. The van der Waals surface area contributed by atoms with Crippen molar-refractivity contribution >= 4 is 50.6 Å². The summed E-state index contributed by atoms with van der Waals surface area (Å²) in [6.07, 6.45) is -1.43. The Labute approximate surface area is 234 Å². The fourth-order valence-corrected chi connectivity index (χ4v) is 7.64. The lowest BCUT2D eigenvalue weighted by Crippen LogP contribution is -2.54. The lowest BCUT2D eigenvalue weighted by molar-refractivity contribution is -0.137. The number of carbonyl (C=O) groups is 2. The summed E-state index contributed by atoms with van der Waals surface area (Å²) >= 11 is 7.19. The van der Waals surface area contributed by atoms with Gasteiger partial charge in [-0.05, 0) is 67.7 Å². The summed E-state index contributed by atoms with van der Waals surface area (Å²) in [5, 5.41) is 6.98. The summed E-state index contributed by atoms with van der Waals surface area (Å²) in [5.74, 6) is -0.581. The molecule has 2 aliphatic rings. The summed E-state index contributed by atoms with van der Waals surface area (Å²) in [6, 6.07) is 3.89. The number of benzene rings is 1. The van der Waals surface area contributed by atoms with Gasteiger partial charge in [-0.1, -0.05) is 24.6 Å². The van der Waals surface area contributed by atoms with Gasteiger partial charge in [0.2, 0.25) is 5.91 Å². The Kier molecular flexibility index (Phi) is 9.01. The number of urea groups is 1. The highest BCUT2D eigenvalue weighted by Crippen LogP contribution is 2.39. The van der Waals surface area contributed by atoms with Gasteiger partial charge in [0.05, 0.1) is 16.3 Å². The normalized spacial score (nSPS) is 18.9. The number of likely N-dealkylation sites (tertiary alicyclic amines) is 1. The summed E-state index contributed by atoms with van der Waals surface area (Å²) in [4.78, 5) is 27.4. The van der Waals surface area contributed by atoms with E-state index >= 15 is 0 Å². The van der Waals surface area contributed by atoms with Crippen molar-refractivity contribution in [3.8, 4) is 0 Å². The Morgan fingerprint density at radius 3 is 2.59 bits per heavy atom. The zero-order chi connectivity index (χ0) is 28.4. The molecule has 1 unspecified atom stereocenters. The first-order valence-corrected chi connectivity index (χ1v) is 15.4. The van der Waals surface area contributed by atoms with Crippen LogP contribution in [0.4, 0.5) is 23.7 Å². The van der Waals surface area contributed by atoms with Crippen molar-refractivity contribution < 1.29 is 31.2 Å². The first-order chi connectivity index (χ1) is 18.4. The number of alkyl halides is 3. The molecule has 39 heavy (non-hydrogen) atoms. The van der Waals surface area contributed by atoms with Crippen LogP contribution in [0.5, 0.6) is 0 Å². The van der Waals surface area contributed by atoms with E-state index in [1.165, 1.54) is 22.4 Å². The highest BCUT2D eigenvalue weighted by Gasteiger charge is 2.41. The maximum atomic E-state index is 13.8. The third-order valence-electron chi connectivity index (χ3n) is 6.77. The Balaban J connectivity index is 1.63. The SMILES string of the molecule is CCC(C(=O)N1CCC[C@@H](CNC(=O)NC2CC2)C1)N(c1cc(C(F)(F)F)ccc1Cl)S(=O)(=O)c1cccs1. The topological polar surface area (TPSA) is 98.8 Å². The molecule has 1 aromatic carbocycles. The van der Waals surface area contributed by atoms with Crippen molar-refractivity contribution in [1.82, 2.24) is 15.5 Å². The molecular weight excluding hydrogens is 577 g/mol. The zero-order valence-corrected chi connectivity index (χ0v) is 23.6. The number of hydrogen-bond acceptors (Lipinski definition) is 5. The molecule has 0 spiro atoms. The molecule has 2 heterocycles. The molecule has 2 N–H and O–H groups in total. The van der Waals surface area contributed by atoms with E-state index < -0.39 is 39.4 Å². The van der Waals surface area contributed by atoms with E-state index in [-0.39, 0.29) is 40.2 Å². The number of halogens is 4. The van der Waals surface area contributed by atoms with E-state index in [0.717, 1.165) is 47.0 Å². The predicted molar refractivity (Wildman–Crippen MR) is 143 cm³/mol. The summed E-state index contributed by atoms with van der Waals surface area (Å²) in [7, 11) is -4.44. The lowest BCUT2D eigenvalue weighted by Gasteiger charge is -2.38. The molecule has 0 bridgehead atoms. The maximum Gasteiger partial charge on any atom is 0.416 e. The van der Waals surface area contributed by atoms with Crippen LogP contribution in [0.25, 0.3) is 0 Å².